The molecule has 0 fully saturated rings. The SMILES string of the molecule is CCN(C(=O)c1cc(C)nn1CC)c1ccccc1S(=O)(=O)CC. The lowest BCUT2D eigenvalue weighted by Crippen LogP contribution is -2.33. The molecule has 0 spiro atoms. The topological polar surface area (TPSA) is 72.3 Å². The lowest BCUT2D eigenvalue weighted by Gasteiger charge is -2.23. The summed E-state index contributed by atoms with van der Waals surface area (Å²) in [5.41, 5.74) is 1.62. The number of aryl methyl sites for hydroxylation is 2. The van der Waals surface area contributed by atoms with Gasteiger partial charge < -0.3 is 4.90 Å². The number of rotatable bonds is 6. The fourth-order valence-corrected chi connectivity index (χ4v) is 3.71. The van der Waals surface area contributed by atoms with Crippen molar-refractivity contribution < 1.29 is 13.2 Å². The highest BCUT2D eigenvalue weighted by Crippen LogP contribution is 2.27. The van der Waals surface area contributed by atoms with Crippen LogP contribution in [0, 0.1) is 6.92 Å². The predicted molar refractivity (Wildman–Crippen MR) is 94.2 cm³/mol. The Kier molecular flexibility index (Phi) is 5.43. The smallest absolute Gasteiger partial charge is 0.276 e. The Labute approximate surface area is 143 Å². The molecule has 7 heteroatoms. The number of aromatic nitrogens is 2. The molecule has 1 heterocycles. The molecular weight excluding hydrogens is 326 g/mol. The van der Waals surface area contributed by atoms with Crippen molar-refractivity contribution in [3.05, 3.63) is 41.7 Å². The Morgan fingerprint density at radius 1 is 1.21 bits per heavy atom. The second-order valence-electron chi connectivity index (χ2n) is 5.41. The third kappa shape index (κ3) is 3.36. The molecule has 1 aromatic carbocycles. The number of amides is 1. The molecule has 24 heavy (non-hydrogen) atoms. The summed E-state index contributed by atoms with van der Waals surface area (Å²) in [6.45, 7) is 8.10. The van der Waals surface area contributed by atoms with Crippen LogP contribution >= 0.6 is 0 Å². The molecule has 0 bridgehead atoms. The van der Waals surface area contributed by atoms with E-state index in [2.05, 4.69) is 5.10 Å². The van der Waals surface area contributed by atoms with Gasteiger partial charge in [0.1, 0.15) is 5.69 Å². The number of carbonyl (C=O) groups excluding carboxylic acids is 1. The molecule has 2 aromatic rings. The number of hydrogen-bond donors (Lipinski definition) is 0. The van der Waals surface area contributed by atoms with Gasteiger partial charge in [-0.3, -0.25) is 9.48 Å². The van der Waals surface area contributed by atoms with Crippen LogP contribution in [0.25, 0.3) is 0 Å². The van der Waals surface area contributed by atoms with Crippen LogP contribution < -0.4 is 4.90 Å². The summed E-state index contributed by atoms with van der Waals surface area (Å²) in [4.78, 5) is 14.7. The molecule has 0 aliphatic carbocycles. The summed E-state index contributed by atoms with van der Waals surface area (Å²) in [5, 5.41) is 4.30. The van der Waals surface area contributed by atoms with E-state index < -0.39 is 9.84 Å². The van der Waals surface area contributed by atoms with Crippen LogP contribution in [0.2, 0.25) is 0 Å². The molecule has 0 N–H and O–H groups in total. The molecule has 1 amide bonds. The zero-order valence-corrected chi connectivity index (χ0v) is 15.3. The Morgan fingerprint density at radius 3 is 2.46 bits per heavy atom. The van der Waals surface area contributed by atoms with E-state index in [9.17, 15) is 13.2 Å². The van der Waals surface area contributed by atoms with Gasteiger partial charge in [0.2, 0.25) is 0 Å². The normalized spacial score (nSPS) is 11.5. The van der Waals surface area contributed by atoms with Crippen LogP contribution in [0.5, 0.6) is 0 Å². The highest BCUT2D eigenvalue weighted by atomic mass is 32.2. The van der Waals surface area contributed by atoms with Gasteiger partial charge in [0.25, 0.3) is 5.91 Å². The van der Waals surface area contributed by atoms with Gasteiger partial charge in [0.15, 0.2) is 9.84 Å². The highest BCUT2D eigenvalue weighted by molar-refractivity contribution is 7.91. The fourth-order valence-electron chi connectivity index (χ4n) is 2.62. The third-order valence-corrected chi connectivity index (χ3v) is 5.63. The van der Waals surface area contributed by atoms with Crippen LogP contribution in [-0.4, -0.2) is 36.4 Å². The van der Waals surface area contributed by atoms with Crippen LogP contribution in [0.15, 0.2) is 35.2 Å². The maximum atomic E-state index is 13.0. The molecule has 0 atom stereocenters. The third-order valence-electron chi connectivity index (χ3n) is 3.85. The van der Waals surface area contributed by atoms with Crippen LogP contribution in [0.1, 0.15) is 37.0 Å². The summed E-state index contributed by atoms with van der Waals surface area (Å²) < 4.78 is 26.4. The minimum Gasteiger partial charge on any atom is -0.306 e. The summed E-state index contributed by atoms with van der Waals surface area (Å²) in [5.74, 6) is -0.263. The van der Waals surface area contributed by atoms with Crippen molar-refractivity contribution in [3.8, 4) is 0 Å². The molecule has 6 nitrogen and oxygen atoms in total. The average molecular weight is 349 g/mol. The van der Waals surface area contributed by atoms with Gasteiger partial charge in [-0.2, -0.15) is 5.10 Å². The minimum absolute atomic E-state index is 0.0121. The zero-order valence-electron chi connectivity index (χ0n) is 14.5. The van der Waals surface area contributed by atoms with Gasteiger partial charge in [0, 0.05) is 13.1 Å². The summed E-state index contributed by atoms with van der Waals surface area (Å²) in [6.07, 6.45) is 0. The van der Waals surface area contributed by atoms with Crippen LogP contribution in [-0.2, 0) is 16.4 Å². The first-order valence-electron chi connectivity index (χ1n) is 8.03. The largest absolute Gasteiger partial charge is 0.306 e. The number of benzene rings is 1. The van der Waals surface area contributed by atoms with Crippen molar-refractivity contribution in [2.75, 3.05) is 17.2 Å². The summed E-state index contributed by atoms with van der Waals surface area (Å²) in [6, 6.07) is 8.36. The monoisotopic (exact) mass is 349 g/mol. The first-order valence-corrected chi connectivity index (χ1v) is 9.69. The van der Waals surface area contributed by atoms with Gasteiger partial charge in [-0.1, -0.05) is 19.1 Å². The lowest BCUT2D eigenvalue weighted by molar-refractivity contribution is 0.0977. The average Bonchev–Trinajstić information content (AvgIpc) is 2.96. The molecular formula is C17H23N3O3S. The van der Waals surface area contributed by atoms with E-state index >= 15 is 0 Å². The van der Waals surface area contributed by atoms with Crippen LogP contribution in [0.4, 0.5) is 5.69 Å². The van der Waals surface area contributed by atoms with E-state index in [1.807, 2.05) is 20.8 Å². The molecule has 130 valence electrons. The Hall–Kier alpha value is -2.15. The van der Waals surface area contributed by atoms with Gasteiger partial charge in [-0.25, -0.2) is 8.42 Å². The van der Waals surface area contributed by atoms with Crippen molar-refractivity contribution in [1.82, 2.24) is 9.78 Å². The molecule has 0 unspecified atom stereocenters. The molecule has 1 aromatic heterocycles. The molecule has 0 saturated heterocycles. The van der Waals surface area contributed by atoms with E-state index in [0.29, 0.717) is 24.5 Å². The quantitative estimate of drug-likeness (QED) is 0.804. The van der Waals surface area contributed by atoms with Gasteiger partial charge in [0.05, 0.1) is 22.0 Å². The van der Waals surface area contributed by atoms with Crippen molar-refractivity contribution in [1.29, 1.82) is 0 Å². The van der Waals surface area contributed by atoms with E-state index in [1.165, 1.54) is 4.90 Å². The van der Waals surface area contributed by atoms with Gasteiger partial charge in [-0.05, 0) is 39.0 Å². The lowest BCUT2D eigenvalue weighted by atomic mass is 10.2. The van der Waals surface area contributed by atoms with E-state index in [-0.39, 0.29) is 16.6 Å². The van der Waals surface area contributed by atoms with Crippen molar-refractivity contribution in [2.45, 2.75) is 39.1 Å². The van der Waals surface area contributed by atoms with Crippen molar-refractivity contribution >= 4 is 21.4 Å². The second kappa shape index (κ2) is 7.17. The molecule has 0 aliphatic rings. The number of anilines is 1. The number of sulfone groups is 1. The van der Waals surface area contributed by atoms with Crippen molar-refractivity contribution in [3.63, 3.8) is 0 Å². The van der Waals surface area contributed by atoms with Gasteiger partial charge >= 0.3 is 0 Å². The molecule has 2 rings (SSSR count). The Balaban J connectivity index is 2.55. The fraction of sp³-hybridized carbons (Fsp3) is 0.412. The van der Waals surface area contributed by atoms with E-state index in [0.717, 1.165) is 5.69 Å². The maximum absolute atomic E-state index is 13.0. The highest BCUT2D eigenvalue weighted by Gasteiger charge is 2.26. The summed E-state index contributed by atoms with van der Waals surface area (Å²) >= 11 is 0. The first-order chi connectivity index (χ1) is 11.4. The number of carbonyl (C=O) groups is 1. The summed E-state index contributed by atoms with van der Waals surface area (Å²) in [7, 11) is -3.43. The first kappa shape index (κ1) is 18.2. The molecule has 0 aliphatic heterocycles. The minimum atomic E-state index is -3.43. The number of nitrogens with zero attached hydrogens (tertiary/aromatic N) is 3. The zero-order chi connectivity index (χ0) is 17.9. The second-order valence-corrected chi connectivity index (χ2v) is 7.65. The molecule has 0 saturated carbocycles. The predicted octanol–water partition coefficient (Wildman–Crippen LogP) is 2.67. The van der Waals surface area contributed by atoms with E-state index in [1.54, 1.807) is 41.9 Å². The number of para-hydroxylation sites is 1. The standard InChI is InChI=1S/C17H23N3O3S/c1-5-19(17(21)15-12-13(4)18-20(15)6-2)14-10-8-9-11-16(14)24(22,23)7-3/h8-12H,5-7H2,1-4H3. The molecule has 0 radical (unpaired) electrons. The maximum Gasteiger partial charge on any atom is 0.276 e. The Bertz CT molecular complexity index is 841. The van der Waals surface area contributed by atoms with Gasteiger partial charge in [-0.15, -0.1) is 0 Å². The van der Waals surface area contributed by atoms with E-state index in [4.69, 9.17) is 0 Å². The van der Waals surface area contributed by atoms with Crippen LogP contribution in [0.3, 0.4) is 0 Å². The number of hydrogen-bond acceptors (Lipinski definition) is 4. The Morgan fingerprint density at radius 2 is 1.88 bits per heavy atom. The van der Waals surface area contributed by atoms with Crippen molar-refractivity contribution in [2.24, 2.45) is 0 Å².